The van der Waals surface area contributed by atoms with Crippen molar-refractivity contribution in [1.29, 1.82) is 0 Å². The summed E-state index contributed by atoms with van der Waals surface area (Å²) in [6.45, 7) is 7.78. The first-order valence-electron chi connectivity index (χ1n) is 9.15. The number of aromatic hydroxyl groups is 1. The molecule has 1 amide bonds. The summed E-state index contributed by atoms with van der Waals surface area (Å²) in [6.07, 6.45) is 3.12. The molecular formula is C22H29NO2. The summed E-state index contributed by atoms with van der Waals surface area (Å²) in [7, 11) is 0. The summed E-state index contributed by atoms with van der Waals surface area (Å²) in [5.74, 6) is 0.856. The standard InChI is InChI=1S/C22H29NO2/c1-4-5-18-6-10-20(11-7-18)22(25)23(15-14-17(2)3)16-19-8-12-21(24)13-9-19/h6-13,17,24H,4-5,14-16H2,1-3H3. The Hall–Kier alpha value is -2.29. The molecule has 1 N–H and O–H groups in total. The summed E-state index contributed by atoms with van der Waals surface area (Å²) in [6, 6.07) is 15.1. The summed E-state index contributed by atoms with van der Waals surface area (Å²) in [4.78, 5) is 14.9. The summed E-state index contributed by atoms with van der Waals surface area (Å²) >= 11 is 0. The molecule has 0 radical (unpaired) electrons. The van der Waals surface area contributed by atoms with Crippen LogP contribution in [0.3, 0.4) is 0 Å². The van der Waals surface area contributed by atoms with Crippen LogP contribution in [-0.4, -0.2) is 22.5 Å². The summed E-state index contributed by atoms with van der Waals surface area (Å²) in [5, 5.41) is 9.44. The van der Waals surface area contributed by atoms with Crippen molar-refractivity contribution in [1.82, 2.24) is 4.90 Å². The summed E-state index contributed by atoms with van der Waals surface area (Å²) < 4.78 is 0. The lowest BCUT2D eigenvalue weighted by molar-refractivity contribution is 0.0735. The zero-order valence-corrected chi connectivity index (χ0v) is 15.5. The van der Waals surface area contributed by atoms with Crippen molar-refractivity contribution in [3.05, 3.63) is 65.2 Å². The van der Waals surface area contributed by atoms with Gasteiger partial charge in [-0.3, -0.25) is 4.79 Å². The van der Waals surface area contributed by atoms with E-state index >= 15 is 0 Å². The van der Waals surface area contributed by atoms with Crippen molar-refractivity contribution < 1.29 is 9.90 Å². The van der Waals surface area contributed by atoms with Gasteiger partial charge in [-0.05, 0) is 54.2 Å². The molecule has 0 aromatic heterocycles. The molecule has 3 nitrogen and oxygen atoms in total. The van der Waals surface area contributed by atoms with Crippen molar-refractivity contribution in [3.63, 3.8) is 0 Å². The first kappa shape index (κ1) is 19.0. The Kier molecular flexibility index (Phi) is 7.05. The molecule has 0 saturated heterocycles. The van der Waals surface area contributed by atoms with Crippen molar-refractivity contribution in [2.75, 3.05) is 6.54 Å². The highest BCUT2D eigenvalue weighted by Crippen LogP contribution is 2.16. The molecule has 0 bridgehead atoms. The SMILES string of the molecule is CCCc1ccc(C(=O)N(CCC(C)C)Cc2ccc(O)cc2)cc1. The average molecular weight is 339 g/mol. The van der Waals surface area contributed by atoms with Crippen LogP contribution < -0.4 is 0 Å². The van der Waals surface area contributed by atoms with Crippen LogP contribution in [0.4, 0.5) is 0 Å². The number of phenols is 1. The van der Waals surface area contributed by atoms with E-state index in [1.807, 2.05) is 29.2 Å². The Balaban J connectivity index is 2.14. The highest BCUT2D eigenvalue weighted by Gasteiger charge is 2.16. The van der Waals surface area contributed by atoms with E-state index in [-0.39, 0.29) is 11.7 Å². The fourth-order valence-corrected chi connectivity index (χ4v) is 2.77. The molecule has 3 heteroatoms. The van der Waals surface area contributed by atoms with Gasteiger partial charge >= 0.3 is 0 Å². The maximum atomic E-state index is 13.0. The number of rotatable bonds is 8. The van der Waals surface area contributed by atoms with Gasteiger partial charge in [-0.15, -0.1) is 0 Å². The number of aryl methyl sites for hydroxylation is 1. The molecule has 0 aliphatic rings. The van der Waals surface area contributed by atoms with Crippen LogP contribution in [0.15, 0.2) is 48.5 Å². The third kappa shape index (κ3) is 5.93. The van der Waals surface area contributed by atoms with E-state index in [0.29, 0.717) is 12.5 Å². The fraction of sp³-hybridized carbons (Fsp3) is 0.409. The maximum absolute atomic E-state index is 13.0. The van der Waals surface area contributed by atoms with Crippen LogP contribution in [0, 0.1) is 5.92 Å². The Bertz CT molecular complexity index is 659. The van der Waals surface area contributed by atoms with Crippen LogP contribution in [0.25, 0.3) is 0 Å². The van der Waals surface area contributed by atoms with Crippen LogP contribution in [0.2, 0.25) is 0 Å². The number of hydrogen-bond acceptors (Lipinski definition) is 2. The number of phenolic OH excluding ortho intramolecular Hbond substituents is 1. The van der Waals surface area contributed by atoms with E-state index in [0.717, 1.165) is 36.9 Å². The number of amides is 1. The first-order chi connectivity index (χ1) is 12.0. The molecule has 0 aliphatic heterocycles. The molecule has 2 aromatic rings. The van der Waals surface area contributed by atoms with Gasteiger partial charge in [0, 0.05) is 18.7 Å². The Morgan fingerprint density at radius 1 is 1.00 bits per heavy atom. The van der Waals surface area contributed by atoms with Gasteiger partial charge in [-0.2, -0.15) is 0 Å². The van der Waals surface area contributed by atoms with E-state index in [1.165, 1.54) is 5.56 Å². The van der Waals surface area contributed by atoms with E-state index in [2.05, 4.69) is 32.9 Å². The molecule has 2 aromatic carbocycles. The van der Waals surface area contributed by atoms with Crippen molar-refractivity contribution >= 4 is 5.91 Å². The average Bonchev–Trinajstić information content (AvgIpc) is 2.60. The number of carbonyl (C=O) groups excluding carboxylic acids is 1. The van der Waals surface area contributed by atoms with E-state index in [9.17, 15) is 9.90 Å². The molecule has 0 saturated carbocycles. The molecule has 0 fully saturated rings. The predicted molar refractivity (Wildman–Crippen MR) is 103 cm³/mol. The number of nitrogens with zero attached hydrogens (tertiary/aromatic N) is 1. The van der Waals surface area contributed by atoms with Crippen LogP contribution >= 0.6 is 0 Å². The minimum Gasteiger partial charge on any atom is -0.508 e. The van der Waals surface area contributed by atoms with Gasteiger partial charge in [0.15, 0.2) is 0 Å². The highest BCUT2D eigenvalue weighted by atomic mass is 16.3. The van der Waals surface area contributed by atoms with Gasteiger partial charge in [-0.1, -0.05) is 51.5 Å². The molecule has 2 rings (SSSR count). The normalized spacial score (nSPS) is 10.9. The predicted octanol–water partition coefficient (Wildman–Crippen LogP) is 5.03. The van der Waals surface area contributed by atoms with Gasteiger partial charge in [-0.25, -0.2) is 0 Å². The first-order valence-corrected chi connectivity index (χ1v) is 9.15. The van der Waals surface area contributed by atoms with Gasteiger partial charge in [0.25, 0.3) is 5.91 Å². The second-order valence-electron chi connectivity index (χ2n) is 7.02. The zero-order valence-electron chi connectivity index (χ0n) is 15.5. The van der Waals surface area contributed by atoms with Crippen molar-refractivity contribution in [2.24, 2.45) is 5.92 Å². The monoisotopic (exact) mass is 339 g/mol. The van der Waals surface area contributed by atoms with Crippen LogP contribution in [0.1, 0.15) is 55.1 Å². The van der Waals surface area contributed by atoms with Crippen molar-refractivity contribution in [3.8, 4) is 5.75 Å². The molecule has 25 heavy (non-hydrogen) atoms. The van der Waals surface area contributed by atoms with Gasteiger partial charge in [0.1, 0.15) is 5.75 Å². The third-order valence-corrected chi connectivity index (χ3v) is 4.31. The maximum Gasteiger partial charge on any atom is 0.254 e. The minimum atomic E-state index is 0.0665. The minimum absolute atomic E-state index is 0.0665. The second kappa shape index (κ2) is 9.26. The van der Waals surface area contributed by atoms with Crippen molar-refractivity contribution in [2.45, 2.75) is 46.6 Å². The lowest BCUT2D eigenvalue weighted by Crippen LogP contribution is -2.32. The third-order valence-electron chi connectivity index (χ3n) is 4.31. The number of benzene rings is 2. The highest BCUT2D eigenvalue weighted by molar-refractivity contribution is 5.94. The Labute approximate surface area is 151 Å². The fourth-order valence-electron chi connectivity index (χ4n) is 2.77. The Morgan fingerprint density at radius 3 is 2.16 bits per heavy atom. The largest absolute Gasteiger partial charge is 0.508 e. The smallest absolute Gasteiger partial charge is 0.254 e. The molecule has 0 unspecified atom stereocenters. The lowest BCUT2D eigenvalue weighted by Gasteiger charge is -2.24. The molecule has 0 aliphatic carbocycles. The Morgan fingerprint density at radius 2 is 1.60 bits per heavy atom. The van der Waals surface area contributed by atoms with Crippen LogP contribution in [0.5, 0.6) is 5.75 Å². The van der Waals surface area contributed by atoms with Gasteiger partial charge in [0.2, 0.25) is 0 Å². The summed E-state index contributed by atoms with van der Waals surface area (Å²) in [5.41, 5.74) is 3.03. The van der Waals surface area contributed by atoms with Gasteiger partial charge in [0.05, 0.1) is 0 Å². The van der Waals surface area contributed by atoms with Crippen LogP contribution in [-0.2, 0) is 13.0 Å². The van der Waals surface area contributed by atoms with E-state index in [4.69, 9.17) is 0 Å². The van der Waals surface area contributed by atoms with E-state index < -0.39 is 0 Å². The quantitative estimate of drug-likeness (QED) is 0.732. The topological polar surface area (TPSA) is 40.5 Å². The molecular weight excluding hydrogens is 310 g/mol. The number of carbonyl (C=O) groups is 1. The molecule has 0 heterocycles. The molecule has 0 atom stereocenters. The zero-order chi connectivity index (χ0) is 18.2. The lowest BCUT2D eigenvalue weighted by atomic mass is 10.1. The molecule has 0 spiro atoms. The van der Waals surface area contributed by atoms with Gasteiger partial charge < -0.3 is 10.0 Å². The number of hydrogen-bond donors (Lipinski definition) is 1. The molecule has 134 valence electrons. The second-order valence-corrected chi connectivity index (χ2v) is 7.02. The van der Waals surface area contributed by atoms with E-state index in [1.54, 1.807) is 12.1 Å².